The van der Waals surface area contributed by atoms with E-state index >= 15 is 0 Å². The van der Waals surface area contributed by atoms with E-state index in [-0.39, 0.29) is 0 Å². The fourth-order valence-electron chi connectivity index (χ4n) is 1.24. The maximum Gasteiger partial charge on any atom is 0.342 e. The molecule has 0 spiro atoms. The standard InChI is InChI=1S/C8H15O7P/c1-7(2,5(9)10)4-8(3,6(11)12)16(13,14)15/h4H2,1-3H3,(H,9,10)(H,11,12)(H2,13,14,15)/t8-/m0/s1. The van der Waals surface area contributed by atoms with Crippen LogP contribution in [0.3, 0.4) is 0 Å². The number of carboxylic acids is 2. The van der Waals surface area contributed by atoms with E-state index in [1.165, 1.54) is 13.8 Å². The molecule has 0 saturated heterocycles. The van der Waals surface area contributed by atoms with Crippen LogP contribution in [0.25, 0.3) is 0 Å². The second kappa shape index (κ2) is 4.16. The van der Waals surface area contributed by atoms with Gasteiger partial charge < -0.3 is 20.0 Å². The highest BCUT2D eigenvalue weighted by Gasteiger charge is 2.53. The lowest BCUT2D eigenvalue weighted by molar-refractivity contribution is -0.149. The zero-order valence-corrected chi connectivity index (χ0v) is 10.1. The molecule has 0 aliphatic heterocycles. The summed E-state index contributed by atoms with van der Waals surface area (Å²) < 4.78 is 11.1. The molecular formula is C8H15O7P. The quantitative estimate of drug-likeness (QED) is 0.525. The van der Waals surface area contributed by atoms with Gasteiger partial charge in [-0.1, -0.05) is 0 Å². The van der Waals surface area contributed by atoms with Crippen LogP contribution in [0, 0.1) is 5.41 Å². The van der Waals surface area contributed by atoms with Crippen molar-refractivity contribution >= 4 is 19.5 Å². The van der Waals surface area contributed by atoms with Crippen LogP contribution in [0.2, 0.25) is 0 Å². The summed E-state index contributed by atoms with van der Waals surface area (Å²) in [6, 6.07) is 0. The van der Waals surface area contributed by atoms with Crippen molar-refractivity contribution in [2.24, 2.45) is 5.41 Å². The molecule has 0 aromatic rings. The summed E-state index contributed by atoms with van der Waals surface area (Å²) in [4.78, 5) is 39.7. The molecule has 4 N–H and O–H groups in total. The molecule has 0 amide bonds. The predicted octanol–water partition coefficient (Wildman–Crippen LogP) is 0.508. The van der Waals surface area contributed by atoms with Crippen LogP contribution in [0.4, 0.5) is 0 Å². The van der Waals surface area contributed by atoms with Gasteiger partial charge in [0, 0.05) is 0 Å². The first-order valence-corrected chi connectivity index (χ1v) is 5.98. The molecule has 0 fully saturated rings. The van der Waals surface area contributed by atoms with Gasteiger partial charge in [0.1, 0.15) is 0 Å². The monoisotopic (exact) mass is 254 g/mol. The Hall–Kier alpha value is -0.910. The number of rotatable bonds is 5. The second-order valence-electron chi connectivity index (χ2n) is 4.49. The van der Waals surface area contributed by atoms with Crippen LogP contribution in [0.5, 0.6) is 0 Å². The van der Waals surface area contributed by atoms with Gasteiger partial charge in [0.15, 0.2) is 5.16 Å². The third-order valence-electron chi connectivity index (χ3n) is 2.47. The van der Waals surface area contributed by atoms with Gasteiger partial charge in [0.2, 0.25) is 0 Å². The summed E-state index contributed by atoms with van der Waals surface area (Å²) in [7, 11) is -4.94. The predicted molar refractivity (Wildman–Crippen MR) is 54.1 cm³/mol. The fourth-order valence-corrected chi connectivity index (χ4v) is 2.09. The van der Waals surface area contributed by atoms with Crippen LogP contribution in [-0.2, 0) is 14.2 Å². The van der Waals surface area contributed by atoms with Gasteiger partial charge in [-0.25, -0.2) is 0 Å². The molecule has 0 saturated carbocycles. The number of hydrogen-bond acceptors (Lipinski definition) is 3. The van der Waals surface area contributed by atoms with E-state index in [9.17, 15) is 14.2 Å². The summed E-state index contributed by atoms with van der Waals surface area (Å²) in [5.74, 6) is -3.02. The molecule has 0 radical (unpaired) electrons. The molecule has 0 unspecified atom stereocenters. The van der Waals surface area contributed by atoms with Crippen molar-refractivity contribution in [3.8, 4) is 0 Å². The zero-order valence-electron chi connectivity index (χ0n) is 9.17. The maximum atomic E-state index is 11.1. The van der Waals surface area contributed by atoms with Crippen molar-refractivity contribution in [2.75, 3.05) is 0 Å². The topological polar surface area (TPSA) is 132 Å². The summed E-state index contributed by atoms with van der Waals surface area (Å²) in [6.45, 7) is 3.28. The van der Waals surface area contributed by atoms with Crippen LogP contribution >= 0.6 is 7.60 Å². The lowest BCUT2D eigenvalue weighted by atomic mass is 9.83. The van der Waals surface area contributed by atoms with E-state index in [1.54, 1.807) is 0 Å². The Balaban J connectivity index is 5.38. The summed E-state index contributed by atoms with van der Waals surface area (Å²) >= 11 is 0. The Morgan fingerprint density at radius 1 is 1.06 bits per heavy atom. The van der Waals surface area contributed by atoms with Gasteiger partial charge in [-0.3, -0.25) is 14.2 Å². The van der Waals surface area contributed by atoms with E-state index in [0.717, 1.165) is 6.92 Å². The van der Waals surface area contributed by atoms with Crippen molar-refractivity contribution in [3.63, 3.8) is 0 Å². The summed E-state index contributed by atoms with van der Waals surface area (Å²) in [5, 5.41) is 15.2. The van der Waals surface area contributed by atoms with Crippen molar-refractivity contribution < 1.29 is 34.2 Å². The molecule has 0 aliphatic rings. The number of carboxylic acid groups (broad SMARTS) is 2. The van der Waals surface area contributed by atoms with Crippen LogP contribution in [0.15, 0.2) is 0 Å². The van der Waals surface area contributed by atoms with Gasteiger partial charge >= 0.3 is 19.5 Å². The lowest BCUT2D eigenvalue weighted by Gasteiger charge is -2.31. The maximum absolute atomic E-state index is 11.1. The molecule has 0 heterocycles. The second-order valence-corrected chi connectivity index (χ2v) is 6.56. The highest BCUT2D eigenvalue weighted by Crippen LogP contribution is 2.55. The Labute approximate surface area is 92.3 Å². The zero-order chi connectivity index (χ0) is 13.4. The van der Waals surface area contributed by atoms with Gasteiger partial charge in [-0.15, -0.1) is 0 Å². The van der Waals surface area contributed by atoms with Crippen molar-refractivity contribution in [1.29, 1.82) is 0 Å². The van der Waals surface area contributed by atoms with Gasteiger partial charge in [0.25, 0.3) is 0 Å². The van der Waals surface area contributed by atoms with Crippen LogP contribution in [-0.4, -0.2) is 37.1 Å². The van der Waals surface area contributed by atoms with Crippen LogP contribution < -0.4 is 0 Å². The molecule has 8 heteroatoms. The summed E-state index contributed by atoms with van der Waals surface area (Å²) in [6.07, 6.45) is -0.658. The number of carbonyl (C=O) groups is 2. The molecule has 0 aromatic heterocycles. The number of aliphatic carboxylic acids is 2. The fraction of sp³-hybridized carbons (Fsp3) is 0.750. The minimum Gasteiger partial charge on any atom is -0.481 e. The molecule has 0 aromatic carbocycles. The molecule has 0 rings (SSSR count). The Morgan fingerprint density at radius 3 is 1.62 bits per heavy atom. The first-order chi connectivity index (χ1) is 6.84. The highest BCUT2D eigenvalue weighted by molar-refractivity contribution is 7.54. The lowest BCUT2D eigenvalue weighted by Crippen LogP contribution is -2.42. The Kier molecular flexibility index (Phi) is 3.92. The van der Waals surface area contributed by atoms with Crippen molar-refractivity contribution in [1.82, 2.24) is 0 Å². The van der Waals surface area contributed by atoms with Gasteiger partial charge in [-0.2, -0.15) is 0 Å². The molecule has 16 heavy (non-hydrogen) atoms. The molecule has 7 nitrogen and oxygen atoms in total. The van der Waals surface area contributed by atoms with E-state index in [1.807, 2.05) is 0 Å². The van der Waals surface area contributed by atoms with E-state index in [2.05, 4.69) is 0 Å². The molecule has 1 atom stereocenters. The van der Waals surface area contributed by atoms with E-state index in [0.29, 0.717) is 0 Å². The molecule has 0 aliphatic carbocycles. The van der Waals surface area contributed by atoms with Gasteiger partial charge in [0.05, 0.1) is 5.41 Å². The minimum absolute atomic E-state index is 0.658. The minimum atomic E-state index is -4.94. The number of hydrogen-bond donors (Lipinski definition) is 4. The largest absolute Gasteiger partial charge is 0.481 e. The summed E-state index contributed by atoms with van der Waals surface area (Å²) in [5.41, 5.74) is -1.53. The highest BCUT2D eigenvalue weighted by atomic mass is 31.2. The average molecular weight is 254 g/mol. The first-order valence-electron chi connectivity index (χ1n) is 4.37. The third kappa shape index (κ3) is 2.81. The Bertz CT molecular complexity index is 355. The SMILES string of the molecule is CC(C)(C[C@@](C)(C(=O)O)P(=O)(O)O)C(=O)O. The molecular weight excluding hydrogens is 239 g/mol. The van der Waals surface area contributed by atoms with Crippen molar-refractivity contribution in [2.45, 2.75) is 32.3 Å². The van der Waals surface area contributed by atoms with E-state index < -0.39 is 36.5 Å². The molecule has 94 valence electrons. The normalized spacial score (nSPS) is 16.6. The van der Waals surface area contributed by atoms with Crippen LogP contribution in [0.1, 0.15) is 27.2 Å². The first kappa shape index (κ1) is 15.1. The molecule has 0 bridgehead atoms. The average Bonchev–Trinajstić information content (AvgIpc) is 2.00. The smallest absolute Gasteiger partial charge is 0.342 e. The third-order valence-corrected chi connectivity index (χ3v) is 4.10. The van der Waals surface area contributed by atoms with E-state index in [4.69, 9.17) is 20.0 Å². The Morgan fingerprint density at radius 2 is 1.44 bits per heavy atom. The van der Waals surface area contributed by atoms with Gasteiger partial charge in [-0.05, 0) is 27.2 Å². The van der Waals surface area contributed by atoms with Crippen molar-refractivity contribution in [3.05, 3.63) is 0 Å².